The van der Waals surface area contributed by atoms with Crippen LogP contribution in [0.4, 0.5) is 15.9 Å². The Morgan fingerprint density at radius 2 is 2.28 bits per heavy atom. The van der Waals surface area contributed by atoms with Gasteiger partial charge in [-0.3, -0.25) is 4.79 Å². The van der Waals surface area contributed by atoms with Crippen LogP contribution in [0.25, 0.3) is 0 Å². The van der Waals surface area contributed by atoms with Gasteiger partial charge in [-0.2, -0.15) is 0 Å². The number of aromatic nitrogens is 1. The monoisotopic (exact) mass is 381 g/mol. The third-order valence-electron chi connectivity index (χ3n) is 3.67. The molecule has 1 amide bonds. The quantitative estimate of drug-likeness (QED) is 0.727. The number of nitrogens with zero attached hydrogens (tertiary/aromatic N) is 1. The van der Waals surface area contributed by atoms with Crippen molar-refractivity contribution >= 4 is 41.0 Å². The predicted octanol–water partition coefficient (Wildman–Crippen LogP) is 4.37. The maximum Gasteiger partial charge on any atom is 0.255 e. The molecule has 2 N–H and O–H groups in total. The van der Waals surface area contributed by atoms with Gasteiger partial charge in [-0.1, -0.05) is 11.6 Å². The molecule has 8 heteroatoms. The van der Waals surface area contributed by atoms with Gasteiger partial charge in [0.25, 0.3) is 5.91 Å². The van der Waals surface area contributed by atoms with Crippen LogP contribution >= 0.6 is 23.5 Å². The fraction of sp³-hybridized carbons (Fsp3) is 0.294. The molecule has 132 valence electrons. The molecule has 1 aromatic heterocycles. The molecule has 1 aliphatic heterocycles. The van der Waals surface area contributed by atoms with Crippen LogP contribution in [0.2, 0.25) is 5.02 Å². The van der Waals surface area contributed by atoms with Gasteiger partial charge in [-0.25, -0.2) is 9.37 Å². The number of anilines is 2. The minimum atomic E-state index is -0.529. The van der Waals surface area contributed by atoms with E-state index in [1.807, 2.05) is 0 Å². The Hall–Kier alpha value is -1.83. The average Bonchev–Trinajstić information content (AvgIpc) is 3.12. The molecule has 0 saturated carbocycles. The lowest BCUT2D eigenvalue weighted by atomic mass is 10.2. The SMILES string of the molecule is O=C(Nc1ccc(F)c(Cl)c1)c1ccnc(NSCC2CCCO2)c1. The van der Waals surface area contributed by atoms with Crippen molar-refractivity contribution in [2.75, 3.05) is 22.4 Å². The van der Waals surface area contributed by atoms with E-state index >= 15 is 0 Å². The van der Waals surface area contributed by atoms with Crippen molar-refractivity contribution in [3.05, 3.63) is 52.9 Å². The molecule has 2 heterocycles. The summed E-state index contributed by atoms with van der Waals surface area (Å²) < 4.78 is 21.8. The molecule has 1 atom stereocenters. The summed E-state index contributed by atoms with van der Waals surface area (Å²) in [5.74, 6) is 0.565. The van der Waals surface area contributed by atoms with Crippen molar-refractivity contribution in [1.29, 1.82) is 0 Å². The van der Waals surface area contributed by atoms with Gasteiger partial charge in [0.2, 0.25) is 0 Å². The molecule has 1 saturated heterocycles. The smallest absolute Gasteiger partial charge is 0.255 e. The number of nitrogens with one attached hydrogen (secondary N) is 2. The molecule has 3 rings (SSSR count). The summed E-state index contributed by atoms with van der Waals surface area (Å²) in [5, 5.41) is 2.64. The van der Waals surface area contributed by atoms with Crippen LogP contribution in [0.1, 0.15) is 23.2 Å². The van der Waals surface area contributed by atoms with Crippen LogP contribution in [0.5, 0.6) is 0 Å². The number of amides is 1. The van der Waals surface area contributed by atoms with Gasteiger partial charge < -0.3 is 14.8 Å². The second kappa shape index (κ2) is 8.51. The summed E-state index contributed by atoms with van der Waals surface area (Å²) in [7, 11) is 0. The lowest BCUT2D eigenvalue weighted by Gasteiger charge is -2.10. The summed E-state index contributed by atoms with van der Waals surface area (Å²) >= 11 is 7.22. The highest BCUT2D eigenvalue weighted by molar-refractivity contribution is 8.00. The molecular weight excluding hydrogens is 365 g/mol. The van der Waals surface area contributed by atoms with E-state index in [-0.39, 0.29) is 17.0 Å². The number of ether oxygens (including phenoxy) is 1. The Morgan fingerprint density at radius 1 is 1.40 bits per heavy atom. The highest BCUT2D eigenvalue weighted by Crippen LogP contribution is 2.21. The van der Waals surface area contributed by atoms with Gasteiger partial charge in [0.1, 0.15) is 11.6 Å². The lowest BCUT2D eigenvalue weighted by molar-refractivity contribution is 0.102. The van der Waals surface area contributed by atoms with Crippen LogP contribution < -0.4 is 10.0 Å². The highest BCUT2D eigenvalue weighted by atomic mass is 35.5. The van der Waals surface area contributed by atoms with E-state index in [0.29, 0.717) is 17.1 Å². The number of carbonyl (C=O) groups is 1. The first kappa shape index (κ1) is 18.0. The number of hydrogen-bond donors (Lipinski definition) is 2. The first-order valence-corrected chi connectivity index (χ1v) is 9.20. The summed E-state index contributed by atoms with van der Waals surface area (Å²) in [6.07, 6.45) is 4.01. The van der Waals surface area contributed by atoms with Crippen molar-refractivity contribution in [3.63, 3.8) is 0 Å². The second-order valence-corrected chi connectivity index (χ2v) is 6.79. The Bertz CT molecular complexity index is 756. The maximum atomic E-state index is 13.2. The van der Waals surface area contributed by atoms with Gasteiger partial charge in [0.05, 0.1) is 11.1 Å². The second-order valence-electron chi connectivity index (χ2n) is 5.56. The topological polar surface area (TPSA) is 63.2 Å². The average molecular weight is 382 g/mol. The first-order valence-electron chi connectivity index (χ1n) is 7.83. The standard InChI is InChI=1S/C17H17ClFN3O2S/c18-14-9-12(3-4-15(14)19)21-17(23)11-5-6-20-16(8-11)22-25-10-13-2-1-7-24-13/h3-6,8-9,13H,1-2,7,10H2,(H,20,22)(H,21,23). The third-order valence-corrected chi connectivity index (χ3v) is 4.85. The van der Waals surface area contributed by atoms with Crippen LogP contribution in [0.15, 0.2) is 36.5 Å². The first-order chi connectivity index (χ1) is 12.1. The number of halogens is 2. The van der Waals surface area contributed by atoms with Crippen LogP contribution in [-0.2, 0) is 4.74 Å². The van der Waals surface area contributed by atoms with E-state index in [4.69, 9.17) is 16.3 Å². The zero-order valence-corrected chi connectivity index (χ0v) is 14.9. The van der Waals surface area contributed by atoms with Gasteiger partial charge in [0.15, 0.2) is 0 Å². The molecule has 0 spiro atoms. The number of hydrogen-bond acceptors (Lipinski definition) is 5. The predicted molar refractivity (Wildman–Crippen MR) is 98.7 cm³/mol. The van der Waals surface area contributed by atoms with Gasteiger partial charge in [-0.05, 0) is 55.1 Å². The molecule has 0 radical (unpaired) electrons. The normalized spacial score (nSPS) is 16.6. The van der Waals surface area contributed by atoms with Gasteiger partial charge >= 0.3 is 0 Å². The van der Waals surface area contributed by atoms with E-state index in [9.17, 15) is 9.18 Å². The largest absolute Gasteiger partial charge is 0.377 e. The number of rotatable bonds is 6. The molecule has 1 aliphatic rings. The van der Waals surface area contributed by atoms with Crippen LogP contribution in [0, 0.1) is 5.82 Å². The van der Waals surface area contributed by atoms with Crippen molar-refractivity contribution < 1.29 is 13.9 Å². The third kappa shape index (κ3) is 5.07. The van der Waals surface area contributed by atoms with Gasteiger partial charge in [0, 0.05) is 29.8 Å². The molecule has 1 unspecified atom stereocenters. The summed E-state index contributed by atoms with van der Waals surface area (Å²) in [5.41, 5.74) is 0.867. The zero-order chi connectivity index (χ0) is 17.6. The Kier molecular flexibility index (Phi) is 6.12. The molecule has 1 fully saturated rings. The number of carbonyl (C=O) groups excluding carboxylic acids is 1. The molecule has 25 heavy (non-hydrogen) atoms. The minimum absolute atomic E-state index is 0.0413. The number of pyridine rings is 1. The van der Waals surface area contributed by atoms with Crippen LogP contribution in [-0.4, -0.2) is 29.4 Å². The van der Waals surface area contributed by atoms with E-state index in [1.165, 1.54) is 30.1 Å². The van der Waals surface area contributed by atoms with E-state index < -0.39 is 5.82 Å². The van der Waals surface area contributed by atoms with E-state index in [0.717, 1.165) is 25.2 Å². The van der Waals surface area contributed by atoms with Crippen molar-refractivity contribution in [2.45, 2.75) is 18.9 Å². The van der Waals surface area contributed by atoms with Crippen molar-refractivity contribution in [3.8, 4) is 0 Å². The molecule has 5 nitrogen and oxygen atoms in total. The zero-order valence-electron chi connectivity index (χ0n) is 13.3. The molecule has 1 aromatic carbocycles. The van der Waals surface area contributed by atoms with Crippen molar-refractivity contribution in [1.82, 2.24) is 4.98 Å². The van der Waals surface area contributed by atoms with Crippen LogP contribution in [0.3, 0.4) is 0 Å². The summed E-state index contributed by atoms with van der Waals surface area (Å²) in [6.45, 7) is 0.826. The summed E-state index contributed by atoms with van der Waals surface area (Å²) in [4.78, 5) is 16.5. The molecule has 2 aromatic rings. The summed E-state index contributed by atoms with van der Waals surface area (Å²) in [6, 6.07) is 7.29. The lowest BCUT2D eigenvalue weighted by Crippen LogP contribution is -2.13. The molecule has 0 aliphatic carbocycles. The Balaban J connectivity index is 1.57. The van der Waals surface area contributed by atoms with Gasteiger partial charge in [-0.15, -0.1) is 0 Å². The van der Waals surface area contributed by atoms with E-state index in [1.54, 1.807) is 18.3 Å². The Labute approximate surface area is 154 Å². The highest BCUT2D eigenvalue weighted by Gasteiger charge is 2.15. The minimum Gasteiger partial charge on any atom is -0.377 e. The fourth-order valence-electron chi connectivity index (χ4n) is 2.39. The number of benzene rings is 1. The molecule has 0 bridgehead atoms. The van der Waals surface area contributed by atoms with E-state index in [2.05, 4.69) is 15.0 Å². The van der Waals surface area contributed by atoms with Crippen molar-refractivity contribution in [2.24, 2.45) is 0 Å². The molecular formula is C17H17ClFN3O2S. The Morgan fingerprint density at radius 3 is 3.04 bits per heavy atom. The fourth-order valence-corrected chi connectivity index (χ4v) is 3.36. The maximum absolute atomic E-state index is 13.2.